The topological polar surface area (TPSA) is 70.2 Å². The second-order valence-corrected chi connectivity index (χ2v) is 16.0. The zero-order valence-corrected chi connectivity index (χ0v) is 20.3. The third-order valence-electron chi connectivity index (χ3n) is 6.65. The molecule has 0 saturated heterocycles. The first-order valence-electron chi connectivity index (χ1n) is 11.5. The molecule has 0 bridgehead atoms. The molecule has 1 unspecified atom stereocenters. The molecule has 2 aliphatic rings. The number of carbonyl (C=O) groups excluding carboxylic acids is 1. The average molecular weight is 441 g/mol. The minimum atomic E-state index is -1.11. The van der Waals surface area contributed by atoms with Crippen molar-refractivity contribution >= 4 is 30.5 Å². The van der Waals surface area contributed by atoms with Crippen LogP contribution in [0.1, 0.15) is 42.7 Å². The monoisotopic (exact) mass is 440 g/mol. The Balaban J connectivity index is 1.58. The number of H-pyrrole nitrogens is 1. The van der Waals surface area contributed by atoms with Crippen molar-refractivity contribution < 1.29 is 9.53 Å². The molecule has 168 valence electrons. The lowest BCUT2D eigenvalue weighted by atomic mass is 9.77. The minimum Gasteiger partial charge on any atom is -0.381 e. The molecule has 4 rings (SSSR count). The molecule has 31 heavy (non-hydrogen) atoms. The van der Waals surface area contributed by atoms with Gasteiger partial charge in [0, 0.05) is 76.6 Å². The number of fused-ring (bicyclic) bond motifs is 1. The number of nitrogens with zero attached hydrogens (tertiary/aromatic N) is 2. The zero-order chi connectivity index (χ0) is 22.0. The Labute approximate surface area is 186 Å². The maximum absolute atomic E-state index is 11.8. The molecule has 1 fully saturated rings. The van der Waals surface area contributed by atoms with Gasteiger partial charge in [-0.15, -0.1) is 0 Å². The predicted octanol–water partition coefficient (Wildman–Crippen LogP) is 4.55. The first kappa shape index (κ1) is 22.2. The Morgan fingerprint density at radius 1 is 1.29 bits per heavy atom. The molecule has 2 N–H and O–H groups in total. The number of pyridine rings is 1. The third kappa shape index (κ3) is 5.45. The van der Waals surface area contributed by atoms with Crippen molar-refractivity contribution in [3.8, 4) is 0 Å². The number of hydrazine groups is 1. The van der Waals surface area contributed by atoms with Gasteiger partial charge in [-0.1, -0.05) is 19.6 Å². The number of ether oxygens (including phenoxy) is 1. The summed E-state index contributed by atoms with van der Waals surface area (Å²) in [5.74, 6) is 1.17. The number of hydrogen-bond donors (Lipinski definition) is 2. The van der Waals surface area contributed by atoms with Crippen molar-refractivity contribution in [1.29, 1.82) is 0 Å². The molecule has 1 aliphatic heterocycles. The number of ketones is 1. The number of Topliss-reactive ketones (excluding diaryl/α,β-unsaturated/α-hetero) is 1. The summed E-state index contributed by atoms with van der Waals surface area (Å²) in [7, 11) is 0.903. The van der Waals surface area contributed by atoms with Crippen molar-refractivity contribution in [2.75, 3.05) is 26.8 Å². The van der Waals surface area contributed by atoms with E-state index in [0.717, 1.165) is 31.6 Å². The molecule has 1 atom stereocenters. The zero-order valence-electron chi connectivity index (χ0n) is 19.3. The van der Waals surface area contributed by atoms with E-state index in [9.17, 15) is 4.79 Å². The highest BCUT2D eigenvalue weighted by atomic mass is 28.3. The van der Waals surface area contributed by atoms with Gasteiger partial charge in [0.2, 0.25) is 0 Å². The van der Waals surface area contributed by atoms with Crippen LogP contribution in [0.5, 0.6) is 0 Å². The number of nitrogens with one attached hydrogen (secondary N) is 2. The minimum absolute atomic E-state index is 0.285. The smallest absolute Gasteiger partial charge is 0.137 e. The summed E-state index contributed by atoms with van der Waals surface area (Å²) in [6, 6.07) is 3.48. The van der Waals surface area contributed by atoms with Crippen LogP contribution in [0, 0.1) is 5.92 Å². The molecule has 0 spiro atoms. The molecule has 2 aromatic rings. The van der Waals surface area contributed by atoms with Gasteiger partial charge >= 0.3 is 0 Å². The molecule has 1 aliphatic carbocycles. The standard InChI is InChI=1S/C24H36N4O2Si/c1-28-15-19(13-27-28)22-14-26-24-21(22)11-18(12-25-24)23(16-30-9-10-31(2,3)4)17-5-7-20(29)8-6-17/h11-12,14-15,17,23,27H,5-10,13,16H2,1-4H3,(H,25,26). The van der Waals surface area contributed by atoms with Gasteiger partial charge in [0.15, 0.2) is 0 Å². The second-order valence-electron chi connectivity index (χ2n) is 10.3. The fourth-order valence-electron chi connectivity index (χ4n) is 4.65. The van der Waals surface area contributed by atoms with Gasteiger partial charge in [0.05, 0.1) is 6.61 Å². The van der Waals surface area contributed by atoms with Gasteiger partial charge in [-0.2, -0.15) is 0 Å². The fraction of sp³-hybridized carbons (Fsp3) is 0.583. The number of aromatic nitrogens is 2. The van der Waals surface area contributed by atoms with E-state index in [1.165, 1.54) is 28.1 Å². The maximum Gasteiger partial charge on any atom is 0.137 e. The van der Waals surface area contributed by atoms with Gasteiger partial charge in [0.1, 0.15) is 11.4 Å². The quantitative estimate of drug-likeness (QED) is 0.465. The summed E-state index contributed by atoms with van der Waals surface area (Å²) in [5.41, 5.74) is 7.95. The molecule has 1 saturated carbocycles. The maximum atomic E-state index is 11.8. The highest BCUT2D eigenvalue weighted by Gasteiger charge is 2.29. The van der Waals surface area contributed by atoms with Crippen LogP contribution < -0.4 is 5.43 Å². The SMILES string of the molecule is CN1C=C(c2c[nH]c3ncc(C(COCC[Si](C)(C)C)C4CCC(=O)CC4)cc23)CN1. The first-order chi connectivity index (χ1) is 14.8. The van der Waals surface area contributed by atoms with E-state index in [-0.39, 0.29) is 5.92 Å². The lowest BCUT2D eigenvalue weighted by Crippen LogP contribution is -2.26. The summed E-state index contributed by atoms with van der Waals surface area (Å²) in [4.78, 5) is 19.9. The van der Waals surface area contributed by atoms with Crippen molar-refractivity contribution in [2.24, 2.45) is 5.92 Å². The van der Waals surface area contributed by atoms with Crippen LogP contribution in [0.4, 0.5) is 0 Å². The third-order valence-corrected chi connectivity index (χ3v) is 8.35. The lowest BCUT2D eigenvalue weighted by Gasteiger charge is -2.30. The summed E-state index contributed by atoms with van der Waals surface area (Å²) in [6.45, 7) is 9.51. The number of carbonyl (C=O) groups is 1. The van der Waals surface area contributed by atoms with E-state index in [1.54, 1.807) is 0 Å². The van der Waals surface area contributed by atoms with Gasteiger partial charge in [0.25, 0.3) is 0 Å². The number of hydrogen-bond acceptors (Lipinski definition) is 5. The lowest BCUT2D eigenvalue weighted by molar-refractivity contribution is -0.121. The van der Waals surface area contributed by atoms with Gasteiger partial charge in [-0.05, 0) is 42.0 Å². The molecular formula is C24H36N4O2Si. The molecule has 0 aromatic carbocycles. The second kappa shape index (κ2) is 9.26. The van der Waals surface area contributed by atoms with E-state index in [4.69, 9.17) is 9.72 Å². The Morgan fingerprint density at radius 3 is 2.74 bits per heavy atom. The molecule has 0 radical (unpaired) electrons. The van der Waals surface area contributed by atoms with Crippen LogP contribution in [0.3, 0.4) is 0 Å². The number of aromatic amines is 1. The average Bonchev–Trinajstić information content (AvgIpc) is 3.33. The molecule has 2 aromatic heterocycles. The van der Waals surface area contributed by atoms with Gasteiger partial charge in [-0.25, -0.2) is 10.4 Å². The molecule has 6 nitrogen and oxygen atoms in total. The van der Waals surface area contributed by atoms with E-state index in [2.05, 4.69) is 48.5 Å². The van der Waals surface area contributed by atoms with Crippen molar-refractivity contribution in [2.45, 2.75) is 57.3 Å². The largest absolute Gasteiger partial charge is 0.381 e. The van der Waals surface area contributed by atoms with Crippen molar-refractivity contribution in [1.82, 2.24) is 20.4 Å². The van der Waals surface area contributed by atoms with Crippen LogP contribution in [-0.2, 0) is 9.53 Å². The van der Waals surface area contributed by atoms with E-state index in [0.29, 0.717) is 31.1 Å². The van der Waals surface area contributed by atoms with Crippen molar-refractivity contribution in [3.05, 3.63) is 35.8 Å². The van der Waals surface area contributed by atoms with Crippen molar-refractivity contribution in [3.63, 3.8) is 0 Å². The van der Waals surface area contributed by atoms with E-state index in [1.807, 2.05) is 18.3 Å². The predicted molar refractivity (Wildman–Crippen MR) is 129 cm³/mol. The Morgan fingerprint density at radius 2 is 2.06 bits per heavy atom. The Kier molecular flexibility index (Phi) is 6.65. The van der Waals surface area contributed by atoms with E-state index >= 15 is 0 Å². The Bertz CT molecular complexity index is 952. The Hall–Kier alpha value is -1.96. The molecule has 3 heterocycles. The van der Waals surface area contributed by atoms with E-state index < -0.39 is 8.07 Å². The van der Waals surface area contributed by atoms with Crippen LogP contribution in [0.15, 0.2) is 24.7 Å². The van der Waals surface area contributed by atoms with Crippen LogP contribution >= 0.6 is 0 Å². The molecule has 0 amide bonds. The van der Waals surface area contributed by atoms with Crippen LogP contribution in [0.2, 0.25) is 25.7 Å². The van der Waals surface area contributed by atoms with Gasteiger partial charge < -0.3 is 14.7 Å². The highest BCUT2D eigenvalue weighted by molar-refractivity contribution is 6.76. The summed E-state index contributed by atoms with van der Waals surface area (Å²) in [5, 5.41) is 3.17. The summed E-state index contributed by atoms with van der Waals surface area (Å²) >= 11 is 0. The van der Waals surface area contributed by atoms with Crippen LogP contribution in [0.25, 0.3) is 16.6 Å². The first-order valence-corrected chi connectivity index (χ1v) is 15.2. The molecular weight excluding hydrogens is 404 g/mol. The summed E-state index contributed by atoms with van der Waals surface area (Å²) in [6.07, 6.45) is 9.53. The number of rotatable bonds is 8. The van der Waals surface area contributed by atoms with Gasteiger partial charge in [-0.3, -0.25) is 4.79 Å². The summed E-state index contributed by atoms with van der Waals surface area (Å²) < 4.78 is 6.23. The highest BCUT2D eigenvalue weighted by Crippen LogP contribution is 2.37. The molecule has 7 heteroatoms. The van der Waals surface area contributed by atoms with Crippen LogP contribution in [-0.4, -0.2) is 55.6 Å². The fourth-order valence-corrected chi connectivity index (χ4v) is 5.40. The normalized spacial score (nSPS) is 19.3.